The normalized spacial score (nSPS) is 12.2. The predicted molar refractivity (Wildman–Crippen MR) is 43.8 cm³/mol. The first-order valence-corrected chi connectivity index (χ1v) is 3.74. The van der Waals surface area contributed by atoms with E-state index >= 15 is 0 Å². The third-order valence-electron chi connectivity index (χ3n) is 1.32. The first-order chi connectivity index (χ1) is 5.54. The Morgan fingerprint density at radius 3 is 2.42 bits per heavy atom. The fourth-order valence-corrected chi connectivity index (χ4v) is 0.615. The highest BCUT2D eigenvalue weighted by atomic mass is 16.4. The zero-order valence-electron chi connectivity index (χ0n) is 7.26. The summed E-state index contributed by atoms with van der Waals surface area (Å²) in [6.07, 6.45) is 0. The zero-order chi connectivity index (χ0) is 9.56. The van der Waals surface area contributed by atoms with Crippen LogP contribution in [0.2, 0.25) is 0 Å². The molecule has 5 heteroatoms. The van der Waals surface area contributed by atoms with Crippen molar-refractivity contribution < 1.29 is 14.7 Å². The molecule has 70 valence electrons. The number of nitrogens with one attached hydrogen (secondary N) is 2. The van der Waals surface area contributed by atoms with Gasteiger partial charge < -0.3 is 15.7 Å². The van der Waals surface area contributed by atoms with E-state index in [4.69, 9.17) is 5.11 Å². The van der Waals surface area contributed by atoms with Crippen molar-refractivity contribution in [1.29, 1.82) is 0 Å². The fourth-order valence-electron chi connectivity index (χ4n) is 0.615. The first kappa shape index (κ1) is 10.9. The molecule has 12 heavy (non-hydrogen) atoms. The zero-order valence-corrected chi connectivity index (χ0v) is 7.26. The molecule has 0 fully saturated rings. The SMILES string of the molecule is CC(=O)NCCNC(C)C(=O)O. The van der Waals surface area contributed by atoms with E-state index in [9.17, 15) is 9.59 Å². The number of carboxylic acids is 1. The van der Waals surface area contributed by atoms with E-state index in [2.05, 4.69) is 10.6 Å². The van der Waals surface area contributed by atoms with Gasteiger partial charge in [-0.1, -0.05) is 0 Å². The second kappa shape index (κ2) is 5.54. The molecular weight excluding hydrogens is 160 g/mol. The van der Waals surface area contributed by atoms with Gasteiger partial charge in [0, 0.05) is 20.0 Å². The Bertz CT molecular complexity index is 170. The lowest BCUT2D eigenvalue weighted by Crippen LogP contribution is -2.38. The molecule has 0 spiro atoms. The maximum Gasteiger partial charge on any atom is 0.320 e. The summed E-state index contributed by atoms with van der Waals surface area (Å²) in [5.74, 6) is -1.00. The van der Waals surface area contributed by atoms with Gasteiger partial charge in [-0.2, -0.15) is 0 Å². The van der Waals surface area contributed by atoms with Crippen molar-refractivity contribution in [2.24, 2.45) is 0 Å². The Kier molecular flexibility index (Phi) is 5.03. The van der Waals surface area contributed by atoms with Crippen molar-refractivity contribution >= 4 is 11.9 Å². The van der Waals surface area contributed by atoms with E-state index in [1.54, 1.807) is 6.92 Å². The molecule has 0 aliphatic rings. The number of rotatable bonds is 5. The average molecular weight is 174 g/mol. The Labute approximate surface area is 71.1 Å². The smallest absolute Gasteiger partial charge is 0.320 e. The summed E-state index contributed by atoms with van der Waals surface area (Å²) in [5, 5.41) is 13.7. The van der Waals surface area contributed by atoms with Crippen LogP contribution in [0.15, 0.2) is 0 Å². The minimum absolute atomic E-state index is 0.111. The minimum Gasteiger partial charge on any atom is -0.480 e. The molecule has 0 rings (SSSR count). The molecule has 1 atom stereocenters. The largest absolute Gasteiger partial charge is 0.480 e. The summed E-state index contributed by atoms with van der Waals surface area (Å²) in [7, 11) is 0. The Morgan fingerprint density at radius 1 is 1.42 bits per heavy atom. The number of carboxylic acid groups (broad SMARTS) is 1. The maximum atomic E-state index is 10.4. The number of amides is 1. The molecule has 5 nitrogen and oxygen atoms in total. The van der Waals surface area contributed by atoms with Crippen LogP contribution in [0.5, 0.6) is 0 Å². The average Bonchev–Trinajstić information content (AvgIpc) is 1.97. The molecule has 0 saturated carbocycles. The molecule has 0 aromatic rings. The molecule has 0 aromatic carbocycles. The van der Waals surface area contributed by atoms with Crippen LogP contribution >= 0.6 is 0 Å². The summed E-state index contributed by atoms with van der Waals surface area (Å²) >= 11 is 0. The molecule has 0 aromatic heterocycles. The highest BCUT2D eigenvalue weighted by Gasteiger charge is 2.07. The number of carbonyl (C=O) groups is 2. The Morgan fingerprint density at radius 2 is 2.00 bits per heavy atom. The van der Waals surface area contributed by atoms with Gasteiger partial charge in [0.25, 0.3) is 0 Å². The minimum atomic E-state index is -0.891. The monoisotopic (exact) mass is 174 g/mol. The number of hydrogen-bond acceptors (Lipinski definition) is 3. The van der Waals surface area contributed by atoms with E-state index in [0.717, 1.165) is 0 Å². The third kappa shape index (κ3) is 5.67. The van der Waals surface area contributed by atoms with Crippen molar-refractivity contribution in [3.63, 3.8) is 0 Å². The molecule has 0 aliphatic heterocycles. The van der Waals surface area contributed by atoms with Crippen molar-refractivity contribution in [2.75, 3.05) is 13.1 Å². The molecule has 0 radical (unpaired) electrons. The summed E-state index contributed by atoms with van der Waals surface area (Å²) in [6.45, 7) is 3.89. The topological polar surface area (TPSA) is 78.4 Å². The summed E-state index contributed by atoms with van der Waals surface area (Å²) in [6, 6.07) is -0.571. The Hall–Kier alpha value is -1.10. The Balaban J connectivity index is 3.31. The van der Waals surface area contributed by atoms with Crippen LogP contribution in [0.3, 0.4) is 0 Å². The van der Waals surface area contributed by atoms with Crippen molar-refractivity contribution in [3.05, 3.63) is 0 Å². The van der Waals surface area contributed by atoms with Crippen LogP contribution in [0.1, 0.15) is 13.8 Å². The van der Waals surface area contributed by atoms with Crippen LogP contribution < -0.4 is 10.6 Å². The summed E-state index contributed by atoms with van der Waals surface area (Å²) in [5.41, 5.74) is 0. The van der Waals surface area contributed by atoms with Gasteiger partial charge in [-0.15, -0.1) is 0 Å². The van der Waals surface area contributed by atoms with Gasteiger partial charge >= 0.3 is 5.97 Å². The predicted octanol–water partition coefficient (Wildman–Crippen LogP) is -0.815. The number of aliphatic carboxylic acids is 1. The van der Waals surface area contributed by atoms with E-state index in [1.165, 1.54) is 6.92 Å². The third-order valence-corrected chi connectivity index (χ3v) is 1.32. The van der Waals surface area contributed by atoms with Gasteiger partial charge in [-0.05, 0) is 6.92 Å². The van der Waals surface area contributed by atoms with Crippen molar-refractivity contribution in [1.82, 2.24) is 10.6 Å². The number of carbonyl (C=O) groups excluding carboxylic acids is 1. The first-order valence-electron chi connectivity index (χ1n) is 3.74. The fraction of sp³-hybridized carbons (Fsp3) is 0.714. The van der Waals surface area contributed by atoms with Gasteiger partial charge in [0.1, 0.15) is 6.04 Å². The quantitative estimate of drug-likeness (QED) is 0.476. The van der Waals surface area contributed by atoms with Crippen LogP contribution in [-0.2, 0) is 9.59 Å². The number of hydrogen-bond donors (Lipinski definition) is 3. The second-order valence-electron chi connectivity index (χ2n) is 2.50. The van der Waals surface area contributed by atoms with Crippen LogP contribution in [0, 0.1) is 0 Å². The molecule has 0 aliphatic carbocycles. The van der Waals surface area contributed by atoms with Crippen LogP contribution in [0.25, 0.3) is 0 Å². The second-order valence-corrected chi connectivity index (χ2v) is 2.50. The van der Waals surface area contributed by atoms with Crippen LogP contribution in [-0.4, -0.2) is 36.1 Å². The van der Waals surface area contributed by atoms with Gasteiger partial charge in [0.05, 0.1) is 0 Å². The standard InChI is InChI=1S/C7H14N2O3/c1-5(7(11)12)8-3-4-9-6(2)10/h5,8H,3-4H2,1-2H3,(H,9,10)(H,11,12). The van der Waals surface area contributed by atoms with Crippen LogP contribution in [0.4, 0.5) is 0 Å². The van der Waals surface area contributed by atoms with Gasteiger partial charge in [0.15, 0.2) is 0 Å². The lowest BCUT2D eigenvalue weighted by atomic mass is 10.3. The molecule has 3 N–H and O–H groups in total. The summed E-state index contributed by atoms with van der Waals surface area (Å²) in [4.78, 5) is 20.6. The van der Waals surface area contributed by atoms with Crippen molar-refractivity contribution in [2.45, 2.75) is 19.9 Å². The molecule has 0 heterocycles. The molecule has 1 unspecified atom stereocenters. The van der Waals surface area contributed by atoms with Gasteiger partial charge in [-0.25, -0.2) is 0 Å². The molecule has 0 saturated heterocycles. The summed E-state index contributed by atoms with van der Waals surface area (Å²) < 4.78 is 0. The lowest BCUT2D eigenvalue weighted by Gasteiger charge is -2.08. The van der Waals surface area contributed by atoms with Gasteiger partial charge in [0.2, 0.25) is 5.91 Å². The van der Waals surface area contributed by atoms with E-state index in [1.807, 2.05) is 0 Å². The highest BCUT2D eigenvalue weighted by Crippen LogP contribution is 1.78. The molecule has 0 bridgehead atoms. The molecule has 1 amide bonds. The van der Waals surface area contributed by atoms with Gasteiger partial charge in [-0.3, -0.25) is 9.59 Å². The maximum absolute atomic E-state index is 10.4. The molecular formula is C7H14N2O3. The highest BCUT2D eigenvalue weighted by molar-refractivity contribution is 5.73. The van der Waals surface area contributed by atoms with Crippen molar-refractivity contribution in [3.8, 4) is 0 Å². The van der Waals surface area contributed by atoms with E-state index in [0.29, 0.717) is 13.1 Å². The van der Waals surface area contributed by atoms with E-state index < -0.39 is 12.0 Å². The van der Waals surface area contributed by atoms with E-state index in [-0.39, 0.29) is 5.91 Å². The lowest BCUT2D eigenvalue weighted by molar-refractivity contribution is -0.138.